The van der Waals surface area contributed by atoms with Crippen molar-refractivity contribution in [3.8, 4) is 11.5 Å². The number of esters is 1. The van der Waals surface area contributed by atoms with Gasteiger partial charge >= 0.3 is 5.97 Å². The van der Waals surface area contributed by atoms with Crippen LogP contribution in [-0.2, 0) is 29.2 Å². The molecular weight excluding hydrogens is 416 g/mol. The van der Waals surface area contributed by atoms with Gasteiger partial charge in [-0.2, -0.15) is 0 Å². The number of cyclic esters (lactones) is 1. The number of rotatable bonds is 6. The van der Waals surface area contributed by atoms with Crippen molar-refractivity contribution in [3.05, 3.63) is 95.1 Å². The van der Waals surface area contributed by atoms with Crippen molar-refractivity contribution < 1.29 is 23.8 Å². The Balaban J connectivity index is 1.67. The second-order valence-corrected chi connectivity index (χ2v) is 8.30. The summed E-state index contributed by atoms with van der Waals surface area (Å²) < 4.78 is 17.7. The molecule has 0 unspecified atom stereocenters. The Morgan fingerprint density at radius 1 is 0.879 bits per heavy atom. The summed E-state index contributed by atoms with van der Waals surface area (Å²) in [5, 5.41) is 0. The van der Waals surface area contributed by atoms with E-state index in [4.69, 9.17) is 14.2 Å². The van der Waals surface area contributed by atoms with E-state index in [9.17, 15) is 9.59 Å². The lowest BCUT2D eigenvalue weighted by atomic mass is 9.95. The maximum absolute atomic E-state index is 13.2. The Hall–Kier alpha value is -3.60. The summed E-state index contributed by atoms with van der Waals surface area (Å²) >= 11 is 0. The van der Waals surface area contributed by atoms with Gasteiger partial charge < -0.3 is 14.2 Å². The van der Waals surface area contributed by atoms with E-state index < -0.39 is 0 Å². The minimum atomic E-state index is -0.354. The molecule has 0 fully saturated rings. The molecule has 5 heteroatoms. The van der Waals surface area contributed by atoms with E-state index in [1.54, 1.807) is 12.1 Å². The maximum Gasteiger partial charge on any atom is 0.310 e. The van der Waals surface area contributed by atoms with Crippen LogP contribution in [0, 0.1) is 0 Å². The predicted octanol–water partition coefficient (Wildman–Crippen LogP) is 5.69. The normalized spacial score (nSPS) is 16.5. The van der Waals surface area contributed by atoms with Gasteiger partial charge in [-0.3, -0.25) is 9.59 Å². The highest BCUT2D eigenvalue weighted by atomic mass is 16.5. The summed E-state index contributed by atoms with van der Waals surface area (Å²) in [6.45, 7) is 2.54. The lowest BCUT2D eigenvalue weighted by molar-refractivity contribution is -0.147. The van der Waals surface area contributed by atoms with Crippen LogP contribution in [0.4, 0.5) is 0 Å². The van der Waals surface area contributed by atoms with E-state index >= 15 is 0 Å². The van der Waals surface area contributed by atoms with Gasteiger partial charge in [-0.1, -0.05) is 60.7 Å². The van der Waals surface area contributed by atoms with Crippen molar-refractivity contribution in [2.24, 2.45) is 0 Å². The van der Waals surface area contributed by atoms with Crippen molar-refractivity contribution in [2.45, 2.75) is 51.9 Å². The summed E-state index contributed by atoms with van der Waals surface area (Å²) in [5.41, 5.74) is 3.04. The molecule has 4 rings (SSSR count). The molecule has 1 aliphatic rings. The van der Waals surface area contributed by atoms with Crippen LogP contribution in [0.2, 0.25) is 0 Å². The number of Topliss-reactive ketones (excluding diaryl/α,β-unsaturated/α-hetero) is 1. The molecule has 0 aromatic heterocycles. The number of hydrogen-bond acceptors (Lipinski definition) is 5. The van der Waals surface area contributed by atoms with Gasteiger partial charge in [-0.05, 0) is 42.5 Å². The SMILES string of the molecule is C[C@H]1CCCC(=O)c2c(cc(OCc3ccccc3)cc2OCc2ccccc2)CC(=O)O1. The number of ether oxygens (including phenoxy) is 3. The molecule has 1 heterocycles. The van der Waals surface area contributed by atoms with Crippen LogP contribution in [0.3, 0.4) is 0 Å². The van der Waals surface area contributed by atoms with Gasteiger partial charge in [-0.25, -0.2) is 0 Å². The molecule has 0 saturated heterocycles. The molecule has 33 heavy (non-hydrogen) atoms. The van der Waals surface area contributed by atoms with E-state index in [0.717, 1.165) is 11.1 Å². The number of hydrogen-bond donors (Lipinski definition) is 0. The largest absolute Gasteiger partial charge is 0.489 e. The Bertz CT molecular complexity index is 1090. The third-order valence-electron chi connectivity index (χ3n) is 5.60. The highest BCUT2D eigenvalue weighted by Crippen LogP contribution is 2.33. The van der Waals surface area contributed by atoms with Gasteiger partial charge in [0.05, 0.1) is 18.1 Å². The van der Waals surface area contributed by atoms with Crippen LogP contribution in [-0.4, -0.2) is 17.9 Å². The third-order valence-corrected chi connectivity index (χ3v) is 5.60. The summed E-state index contributed by atoms with van der Waals surface area (Å²) in [4.78, 5) is 25.7. The molecule has 0 radical (unpaired) electrons. The minimum absolute atomic E-state index is 0.00432. The van der Waals surface area contributed by atoms with Gasteiger partial charge in [-0.15, -0.1) is 0 Å². The van der Waals surface area contributed by atoms with E-state index in [0.29, 0.717) is 55.1 Å². The van der Waals surface area contributed by atoms with Crippen molar-refractivity contribution in [1.29, 1.82) is 0 Å². The molecule has 0 N–H and O–H groups in total. The number of carbonyl (C=O) groups is 2. The molecule has 3 aromatic carbocycles. The van der Waals surface area contributed by atoms with Gasteiger partial charge in [0.25, 0.3) is 0 Å². The molecule has 1 atom stereocenters. The molecule has 170 valence electrons. The van der Waals surface area contributed by atoms with Gasteiger partial charge in [0.15, 0.2) is 5.78 Å². The first-order chi connectivity index (χ1) is 16.1. The van der Waals surface area contributed by atoms with Crippen molar-refractivity contribution in [3.63, 3.8) is 0 Å². The zero-order chi connectivity index (χ0) is 23.0. The van der Waals surface area contributed by atoms with Crippen molar-refractivity contribution in [2.75, 3.05) is 0 Å². The molecule has 0 bridgehead atoms. The standard InChI is InChI=1S/C28H28O5/c1-20-9-8-14-25(29)28-23(16-27(30)33-20)15-24(31-18-21-10-4-2-5-11-21)17-26(28)32-19-22-12-6-3-7-13-22/h2-7,10-13,15,17,20H,8-9,14,16,18-19H2,1H3/t20-/m0/s1. The highest BCUT2D eigenvalue weighted by Gasteiger charge is 2.24. The molecular formula is C28H28O5. The quantitative estimate of drug-likeness (QED) is 0.458. The molecule has 0 spiro atoms. The maximum atomic E-state index is 13.2. The van der Waals surface area contributed by atoms with Crippen molar-refractivity contribution >= 4 is 11.8 Å². The van der Waals surface area contributed by atoms with Crippen LogP contribution >= 0.6 is 0 Å². The van der Waals surface area contributed by atoms with E-state index in [1.165, 1.54) is 0 Å². The van der Waals surface area contributed by atoms with E-state index in [-0.39, 0.29) is 24.3 Å². The van der Waals surface area contributed by atoms with Crippen LogP contribution in [0.1, 0.15) is 53.2 Å². The molecule has 5 nitrogen and oxygen atoms in total. The van der Waals surface area contributed by atoms with Gasteiger partial charge in [0.2, 0.25) is 0 Å². The molecule has 0 aliphatic carbocycles. The zero-order valence-corrected chi connectivity index (χ0v) is 18.8. The topological polar surface area (TPSA) is 61.8 Å². The van der Waals surface area contributed by atoms with Crippen molar-refractivity contribution in [1.82, 2.24) is 0 Å². The summed E-state index contributed by atoms with van der Waals surface area (Å²) in [7, 11) is 0. The lowest BCUT2D eigenvalue weighted by Crippen LogP contribution is -2.20. The fraction of sp³-hybridized carbons (Fsp3) is 0.286. The highest BCUT2D eigenvalue weighted by molar-refractivity contribution is 6.01. The van der Waals surface area contributed by atoms with Gasteiger partial charge in [0.1, 0.15) is 24.7 Å². The average Bonchev–Trinajstić information content (AvgIpc) is 2.82. The smallest absolute Gasteiger partial charge is 0.310 e. The molecule has 0 saturated carbocycles. The van der Waals surface area contributed by atoms with E-state index in [1.807, 2.05) is 67.6 Å². The number of fused-ring (bicyclic) bond motifs is 1. The first-order valence-electron chi connectivity index (χ1n) is 11.3. The number of ketones is 1. The van der Waals surface area contributed by atoms with Crippen LogP contribution in [0.5, 0.6) is 11.5 Å². The summed E-state index contributed by atoms with van der Waals surface area (Å²) in [6.07, 6.45) is 1.47. The third kappa shape index (κ3) is 6.22. The molecule has 1 aliphatic heterocycles. The Morgan fingerprint density at radius 2 is 1.52 bits per heavy atom. The fourth-order valence-electron chi connectivity index (χ4n) is 3.93. The minimum Gasteiger partial charge on any atom is -0.489 e. The Labute approximate surface area is 194 Å². The summed E-state index contributed by atoms with van der Waals surface area (Å²) in [5.74, 6) is 0.606. The van der Waals surface area contributed by atoms with Crippen LogP contribution < -0.4 is 9.47 Å². The second kappa shape index (κ2) is 10.8. The van der Waals surface area contributed by atoms with Crippen LogP contribution in [0.15, 0.2) is 72.8 Å². The predicted molar refractivity (Wildman–Crippen MR) is 125 cm³/mol. The number of benzene rings is 3. The fourth-order valence-corrected chi connectivity index (χ4v) is 3.93. The van der Waals surface area contributed by atoms with Crippen LogP contribution in [0.25, 0.3) is 0 Å². The zero-order valence-electron chi connectivity index (χ0n) is 18.8. The number of carbonyl (C=O) groups excluding carboxylic acids is 2. The first-order valence-corrected chi connectivity index (χ1v) is 11.3. The van der Waals surface area contributed by atoms with Gasteiger partial charge in [0, 0.05) is 12.5 Å². The second-order valence-electron chi connectivity index (χ2n) is 8.30. The molecule has 3 aromatic rings. The molecule has 0 amide bonds. The summed E-state index contributed by atoms with van der Waals surface area (Å²) in [6, 6.07) is 23.1. The average molecular weight is 445 g/mol. The Kier molecular flexibility index (Phi) is 7.40. The first kappa shape index (κ1) is 22.6. The Morgan fingerprint density at radius 3 is 2.18 bits per heavy atom. The van der Waals surface area contributed by atoms with E-state index in [2.05, 4.69) is 0 Å². The monoisotopic (exact) mass is 444 g/mol. The lowest BCUT2D eigenvalue weighted by Gasteiger charge is -2.20.